The van der Waals surface area contributed by atoms with E-state index >= 15 is 0 Å². The van der Waals surface area contributed by atoms with E-state index in [1.165, 1.54) is 25.3 Å². The second-order valence-electron chi connectivity index (χ2n) is 9.45. The number of nitrogens with zero attached hydrogens (tertiary/aromatic N) is 3. The van der Waals surface area contributed by atoms with Gasteiger partial charge in [0.2, 0.25) is 17.7 Å². The van der Waals surface area contributed by atoms with E-state index in [9.17, 15) is 24.5 Å². The number of carbonyl (C=O) groups excluding carboxylic acids is 3. The molecule has 0 aliphatic carbocycles. The molecule has 180 valence electrons. The molecule has 0 saturated carbocycles. The number of amides is 3. The van der Waals surface area contributed by atoms with Gasteiger partial charge in [-0.2, -0.15) is 0 Å². The molecule has 10 nitrogen and oxygen atoms in total. The number of fused-ring (bicyclic) bond motifs is 7. The number of benzene rings is 2. The first-order valence-corrected chi connectivity index (χ1v) is 11.8. The Balaban J connectivity index is 1.55. The Hall–Kier alpha value is -3.79. The second-order valence-corrected chi connectivity index (χ2v) is 9.45. The zero-order valence-electron chi connectivity index (χ0n) is 19.3. The molecule has 4 heterocycles. The third-order valence-electron chi connectivity index (χ3n) is 8.11. The van der Waals surface area contributed by atoms with Gasteiger partial charge < -0.3 is 10.1 Å². The van der Waals surface area contributed by atoms with Crippen molar-refractivity contribution in [3.05, 3.63) is 57.6 Å². The number of para-hydroxylation sites is 1. The van der Waals surface area contributed by atoms with Crippen LogP contribution in [0.2, 0.25) is 0 Å². The molecule has 2 aromatic carbocycles. The first-order chi connectivity index (χ1) is 16.9. The lowest BCUT2D eigenvalue weighted by molar-refractivity contribution is -0.384. The van der Waals surface area contributed by atoms with Crippen molar-refractivity contribution in [2.24, 2.45) is 11.8 Å². The summed E-state index contributed by atoms with van der Waals surface area (Å²) in [6.45, 7) is 2.62. The van der Waals surface area contributed by atoms with Crippen LogP contribution >= 0.6 is 0 Å². The largest absolute Gasteiger partial charge is 0.495 e. The maximum atomic E-state index is 14.1. The van der Waals surface area contributed by atoms with Crippen LogP contribution in [0.1, 0.15) is 30.9 Å². The number of aryl methyl sites for hydroxylation is 1. The van der Waals surface area contributed by atoms with Crippen molar-refractivity contribution in [1.82, 2.24) is 4.90 Å². The monoisotopic (exact) mass is 476 g/mol. The third kappa shape index (κ3) is 2.54. The van der Waals surface area contributed by atoms with E-state index in [0.717, 1.165) is 28.1 Å². The maximum Gasteiger partial charge on any atom is 0.271 e. The number of carbonyl (C=O) groups is 3. The molecular formula is C25H24N4O6. The molecular weight excluding hydrogens is 452 g/mol. The van der Waals surface area contributed by atoms with Crippen LogP contribution in [-0.2, 0) is 26.3 Å². The minimum absolute atomic E-state index is 0.0340. The predicted octanol–water partition coefficient (Wildman–Crippen LogP) is 2.60. The molecule has 4 aliphatic rings. The highest BCUT2D eigenvalue weighted by molar-refractivity contribution is 6.26. The van der Waals surface area contributed by atoms with Gasteiger partial charge in [0.15, 0.2) is 0 Å². The van der Waals surface area contributed by atoms with Crippen LogP contribution in [0, 0.1) is 22.0 Å². The highest BCUT2D eigenvalue weighted by Crippen LogP contribution is 2.61. The molecule has 3 fully saturated rings. The number of nitro groups is 1. The lowest BCUT2D eigenvalue weighted by Gasteiger charge is -2.36. The maximum absolute atomic E-state index is 14.1. The Labute approximate surface area is 201 Å². The number of non-ortho nitro benzene ring substituents is 1. The second kappa shape index (κ2) is 7.35. The molecule has 1 spiro atoms. The molecule has 2 aromatic rings. The molecule has 35 heavy (non-hydrogen) atoms. The Kier molecular flexibility index (Phi) is 4.56. The van der Waals surface area contributed by atoms with Crippen LogP contribution in [0.4, 0.5) is 17.1 Å². The summed E-state index contributed by atoms with van der Waals surface area (Å²) >= 11 is 0. The van der Waals surface area contributed by atoms with Gasteiger partial charge in [-0.15, -0.1) is 0 Å². The van der Waals surface area contributed by atoms with Gasteiger partial charge in [0.05, 0.1) is 23.9 Å². The average Bonchev–Trinajstić information content (AvgIpc) is 3.56. The minimum Gasteiger partial charge on any atom is -0.495 e. The molecule has 0 unspecified atom stereocenters. The van der Waals surface area contributed by atoms with Crippen molar-refractivity contribution in [3.8, 4) is 5.75 Å². The molecule has 3 amide bonds. The van der Waals surface area contributed by atoms with Crippen molar-refractivity contribution in [3.63, 3.8) is 0 Å². The molecule has 0 aromatic heterocycles. The fourth-order valence-corrected chi connectivity index (χ4v) is 6.79. The fraction of sp³-hybridized carbons (Fsp3) is 0.400. The van der Waals surface area contributed by atoms with Gasteiger partial charge >= 0.3 is 0 Å². The van der Waals surface area contributed by atoms with Gasteiger partial charge in [-0.3, -0.25) is 29.4 Å². The lowest BCUT2D eigenvalue weighted by Crippen LogP contribution is -2.54. The van der Waals surface area contributed by atoms with E-state index < -0.39 is 34.1 Å². The highest BCUT2D eigenvalue weighted by Gasteiger charge is 2.74. The molecule has 3 saturated heterocycles. The Bertz CT molecular complexity index is 1330. The average molecular weight is 476 g/mol. The molecule has 4 atom stereocenters. The number of imide groups is 1. The molecule has 0 radical (unpaired) electrons. The number of hydrogen-bond donors (Lipinski definition) is 1. The van der Waals surface area contributed by atoms with Crippen LogP contribution in [-0.4, -0.2) is 47.2 Å². The molecule has 4 aliphatic heterocycles. The first kappa shape index (κ1) is 21.7. The van der Waals surface area contributed by atoms with Gasteiger partial charge in [0.1, 0.15) is 17.0 Å². The number of methoxy groups -OCH3 is 1. The summed E-state index contributed by atoms with van der Waals surface area (Å²) in [5, 5.41) is 14.5. The quantitative estimate of drug-likeness (QED) is 0.409. The summed E-state index contributed by atoms with van der Waals surface area (Å²) in [5.74, 6) is -2.74. The van der Waals surface area contributed by atoms with E-state index in [-0.39, 0.29) is 29.1 Å². The van der Waals surface area contributed by atoms with Crippen molar-refractivity contribution in [2.75, 3.05) is 23.9 Å². The van der Waals surface area contributed by atoms with Crippen molar-refractivity contribution in [1.29, 1.82) is 0 Å². The Morgan fingerprint density at radius 2 is 2.00 bits per heavy atom. The highest BCUT2D eigenvalue weighted by atomic mass is 16.6. The van der Waals surface area contributed by atoms with Crippen LogP contribution in [0.25, 0.3) is 0 Å². The molecule has 6 rings (SSSR count). The normalized spacial score (nSPS) is 28.9. The van der Waals surface area contributed by atoms with Crippen LogP contribution in [0.5, 0.6) is 5.75 Å². The number of ether oxygens (including phenoxy) is 1. The fourth-order valence-electron chi connectivity index (χ4n) is 6.79. The van der Waals surface area contributed by atoms with Crippen LogP contribution in [0.3, 0.4) is 0 Å². The molecule has 10 heteroatoms. The van der Waals surface area contributed by atoms with E-state index in [0.29, 0.717) is 19.4 Å². The van der Waals surface area contributed by atoms with Gasteiger partial charge in [-0.05, 0) is 37.4 Å². The topological polar surface area (TPSA) is 122 Å². The SMILES string of the molecule is CCc1cccc2c1NC(=O)[C@@]21[C@@H]2C(=O)N(c3cc([N+](=O)[O-])ccc3OC)C(=O)[C@H]2[C@H]2CCCN21. The molecule has 0 bridgehead atoms. The van der Waals surface area contributed by atoms with Crippen molar-refractivity contribution in [2.45, 2.75) is 37.8 Å². The van der Waals surface area contributed by atoms with Gasteiger partial charge in [0.25, 0.3) is 5.69 Å². The number of nitro benzene ring substituents is 1. The summed E-state index contributed by atoms with van der Waals surface area (Å²) < 4.78 is 5.36. The van der Waals surface area contributed by atoms with Crippen molar-refractivity contribution >= 4 is 34.8 Å². The van der Waals surface area contributed by atoms with E-state index in [2.05, 4.69) is 10.2 Å². The Morgan fingerprint density at radius 1 is 1.20 bits per heavy atom. The third-order valence-corrected chi connectivity index (χ3v) is 8.11. The number of rotatable bonds is 4. The van der Waals surface area contributed by atoms with E-state index in [1.54, 1.807) is 0 Å². The summed E-state index contributed by atoms with van der Waals surface area (Å²) in [4.78, 5) is 55.8. The zero-order chi connectivity index (χ0) is 24.6. The van der Waals surface area contributed by atoms with Crippen molar-refractivity contribution < 1.29 is 24.0 Å². The summed E-state index contributed by atoms with van der Waals surface area (Å²) in [6, 6.07) is 9.28. The van der Waals surface area contributed by atoms with Crippen LogP contribution < -0.4 is 15.0 Å². The van der Waals surface area contributed by atoms with Gasteiger partial charge in [0, 0.05) is 29.4 Å². The Morgan fingerprint density at radius 3 is 2.71 bits per heavy atom. The van der Waals surface area contributed by atoms with Crippen LogP contribution in [0.15, 0.2) is 36.4 Å². The number of anilines is 2. The minimum atomic E-state index is -1.29. The smallest absolute Gasteiger partial charge is 0.271 e. The predicted molar refractivity (Wildman–Crippen MR) is 125 cm³/mol. The number of hydrogen-bond acceptors (Lipinski definition) is 7. The number of nitrogens with one attached hydrogen (secondary N) is 1. The summed E-state index contributed by atoms with van der Waals surface area (Å²) in [5.41, 5.74) is 0.912. The standard InChI is InChI=1S/C25H24N4O6/c1-3-13-6-4-7-15-21(13)26-24(32)25(15)20-19(16-8-5-11-27(16)25)22(30)28(23(20)31)17-12-14(29(33)34)9-10-18(17)35-2/h4,6-7,9-10,12,16,19-20H,3,5,8,11H2,1-2H3,(H,26,32)/t16-,19+,20+,25+/m1/s1. The van der Waals surface area contributed by atoms with E-state index in [1.807, 2.05) is 25.1 Å². The lowest BCUT2D eigenvalue weighted by atomic mass is 9.75. The van der Waals surface area contributed by atoms with Gasteiger partial charge in [-0.1, -0.05) is 25.1 Å². The van der Waals surface area contributed by atoms with Gasteiger partial charge in [-0.25, -0.2) is 4.90 Å². The zero-order valence-corrected chi connectivity index (χ0v) is 19.3. The van der Waals surface area contributed by atoms with E-state index in [4.69, 9.17) is 4.74 Å². The first-order valence-electron chi connectivity index (χ1n) is 11.8. The molecule has 1 N–H and O–H groups in total. The summed E-state index contributed by atoms with van der Waals surface area (Å²) in [6.07, 6.45) is 2.21. The summed E-state index contributed by atoms with van der Waals surface area (Å²) in [7, 11) is 1.38.